The van der Waals surface area contributed by atoms with Crippen LogP contribution in [0, 0.1) is 17.1 Å². The Morgan fingerprint density at radius 2 is 2.08 bits per heavy atom. The van der Waals surface area contributed by atoms with Crippen LogP contribution >= 0.6 is 0 Å². The average Bonchev–Trinajstić information content (AvgIpc) is 2.58. The summed E-state index contributed by atoms with van der Waals surface area (Å²) in [7, 11) is 1.29. The molecule has 0 N–H and O–H groups in total. The van der Waals surface area contributed by atoms with Crippen molar-refractivity contribution in [2.24, 2.45) is 0 Å². The van der Waals surface area contributed by atoms with Gasteiger partial charge in [0.15, 0.2) is 17.3 Å². The lowest BCUT2D eigenvalue weighted by Gasteiger charge is -2.09. The van der Waals surface area contributed by atoms with E-state index in [0.29, 0.717) is 4.57 Å². The maximum Gasteiger partial charge on any atom is 0.331 e. The zero-order valence-corrected chi connectivity index (χ0v) is 13.1. The Kier molecular flexibility index (Phi) is 4.94. The van der Waals surface area contributed by atoms with E-state index < -0.39 is 29.4 Å². The number of Topliss-reactive ketones (excluding diaryl/α,β-unsaturated/α-hetero) is 1. The second-order valence-electron chi connectivity index (χ2n) is 4.89. The van der Waals surface area contributed by atoms with Crippen LogP contribution in [-0.2, 0) is 13.1 Å². The van der Waals surface area contributed by atoms with Gasteiger partial charge in [0.05, 0.1) is 13.7 Å². The third-order valence-electron chi connectivity index (χ3n) is 3.47. The van der Waals surface area contributed by atoms with E-state index in [0.717, 1.165) is 16.8 Å². The Morgan fingerprint density at radius 3 is 2.62 bits per heavy atom. The van der Waals surface area contributed by atoms with Gasteiger partial charge in [-0.25, -0.2) is 9.18 Å². The molecule has 7 nitrogen and oxygen atoms in total. The number of carbonyl (C=O) groups excluding carboxylic acids is 1. The number of ketones is 1. The number of rotatable bonds is 5. The molecular weight excluding hydrogens is 317 g/mol. The minimum Gasteiger partial charge on any atom is -0.494 e. The number of hydrogen-bond acceptors (Lipinski definition) is 5. The zero-order chi connectivity index (χ0) is 17.9. The Bertz CT molecular complexity index is 953. The molecule has 0 saturated heterocycles. The second kappa shape index (κ2) is 6.91. The maximum atomic E-state index is 13.7. The summed E-state index contributed by atoms with van der Waals surface area (Å²) in [5.74, 6) is -1.38. The van der Waals surface area contributed by atoms with Gasteiger partial charge < -0.3 is 4.74 Å². The van der Waals surface area contributed by atoms with E-state index in [4.69, 9.17) is 10.00 Å². The minimum absolute atomic E-state index is 0.00925. The molecule has 0 amide bonds. The number of nitrogens with zero attached hydrogens (tertiary/aromatic N) is 3. The molecule has 8 heteroatoms. The van der Waals surface area contributed by atoms with Gasteiger partial charge in [-0.2, -0.15) is 5.26 Å². The fourth-order valence-corrected chi connectivity index (χ4v) is 2.17. The van der Waals surface area contributed by atoms with Gasteiger partial charge in [-0.3, -0.25) is 18.7 Å². The molecule has 2 rings (SSSR count). The number of hydrogen-bond donors (Lipinski definition) is 0. The zero-order valence-electron chi connectivity index (χ0n) is 13.1. The molecule has 0 bridgehead atoms. The highest BCUT2D eigenvalue weighted by atomic mass is 19.1. The summed E-state index contributed by atoms with van der Waals surface area (Å²) in [5.41, 5.74) is -1.81. The van der Waals surface area contributed by atoms with Crippen LogP contribution in [0.1, 0.15) is 22.8 Å². The molecule has 1 aromatic heterocycles. The maximum absolute atomic E-state index is 13.7. The molecule has 0 aliphatic carbocycles. The molecule has 0 aliphatic rings. The number of halogens is 1. The normalized spacial score (nSPS) is 10.2. The monoisotopic (exact) mass is 331 g/mol. The van der Waals surface area contributed by atoms with E-state index in [2.05, 4.69) is 0 Å². The Hall–Kier alpha value is -3.21. The molecule has 24 heavy (non-hydrogen) atoms. The number of carbonyl (C=O) groups is 1. The molecule has 124 valence electrons. The molecular formula is C16H14FN3O4. The van der Waals surface area contributed by atoms with Crippen molar-refractivity contribution in [3.05, 3.63) is 62.2 Å². The number of aromatic nitrogens is 2. The van der Waals surface area contributed by atoms with E-state index in [-0.39, 0.29) is 23.4 Å². The second-order valence-corrected chi connectivity index (χ2v) is 4.89. The lowest BCUT2D eigenvalue weighted by Crippen LogP contribution is -2.42. The molecule has 0 saturated carbocycles. The average molecular weight is 331 g/mol. The van der Waals surface area contributed by atoms with Gasteiger partial charge in [0.2, 0.25) is 0 Å². The Labute approximate surface area is 136 Å². The van der Waals surface area contributed by atoms with Crippen LogP contribution in [0.4, 0.5) is 4.39 Å². The highest BCUT2D eigenvalue weighted by Crippen LogP contribution is 2.18. The first-order chi connectivity index (χ1) is 11.4. The molecule has 0 radical (unpaired) electrons. The molecule has 0 aliphatic heterocycles. The third-order valence-corrected chi connectivity index (χ3v) is 3.47. The van der Waals surface area contributed by atoms with Gasteiger partial charge in [-0.05, 0) is 25.1 Å². The van der Waals surface area contributed by atoms with Crippen molar-refractivity contribution < 1.29 is 13.9 Å². The molecule has 1 heterocycles. The lowest BCUT2D eigenvalue weighted by molar-refractivity contribution is 0.0968. The first-order valence-electron chi connectivity index (χ1n) is 7.04. The predicted molar refractivity (Wildman–Crippen MR) is 82.6 cm³/mol. The van der Waals surface area contributed by atoms with Crippen LogP contribution in [0.3, 0.4) is 0 Å². The molecule has 2 aromatic rings. The molecule has 0 spiro atoms. The van der Waals surface area contributed by atoms with Crippen molar-refractivity contribution in [2.45, 2.75) is 20.0 Å². The van der Waals surface area contributed by atoms with Crippen LogP contribution in [0.2, 0.25) is 0 Å². The number of aryl methyl sites for hydroxylation is 1. The number of benzene rings is 1. The van der Waals surface area contributed by atoms with Crippen LogP contribution in [0.15, 0.2) is 34.0 Å². The van der Waals surface area contributed by atoms with Crippen LogP contribution in [-0.4, -0.2) is 22.0 Å². The quantitative estimate of drug-likeness (QED) is 0.760. The third kappa shape index (κ3) is 3.10. The highest BCUT2D eigenvalue weighted by Gasteiger charge is 2.16. The fourth-order valence-electron chi connectivity index (χ4n) is 2.17. The molecule has 0 unspecified atom stereocenters. The van der Waals surface area contributed by atoms with E-state index in [9.17, 15) is 18.8 Å². The molecule has 0 atom stereocenters. The lowest BCUT2D eigenvalue weighted by atomic mass is 10.1. The van der Waals surface area contributed by atoms with E-state index >= 15 is 0 Å². The summed E-state index contributed by atoms with van der Waals surface area (Å²) in [6.45, 7) is 1.32. The van der Waals surface area contributed by atoms with Crippen molar-refractivity contribution in [1.82, 2.24) is 9.13 Å². The van der Waals surface area contributed by atoms with Crippen molar-refractivity contribution in [2.75, 3.05) is 7.11 Å². The van der Waals surface area contributed by atoms with Gasteiger partial charge in [-0.1, -0.05) is 0 Å². The molecule has 1 aromatic carbocycles. The first-order valence-corrected chi connectivity index (χ1v) is 7.04. The van der Waals surface area contributed by atoms with Gasteiger partial charge in [0.25, 0.3) is 5.56 Å². The van der Waals surface area contributed by atoms with Crippen molar-refractivity contribution in [3.8, 4) is 11.8 Å². The summed E-state index contributed by atoms with van der Waals surface area (Å²) >= 11 is 0. The number of methoxy groups -OCH3 is 1. The van der Waals surface area contributed by atoms with Crippen molar-refractivity contribution >= 4 is 5.78 Å². The van der Waals surface area contributed by atoms with E-state index in [1.54, 1.807) is 13.0 Å². The van der Waals surface area contributed by atoms with Gasteiger partial charge >= 0.3 is 5.69 Å². The summed E-state index contributed by atoms with van der Waals surface area (Å²) in [4.78, 5) is 36.6. The first kappa shape index (κ1) is 17.1. The topological polar surface area (TPSA) is 94.1 Å². The summed E-state index contributed by atoms with van der Waals surface area (Å²) < 4.78 is 20.3. The summed E-state index contributed by atoms with van der Waals surface area (Å²) in [5, 5.41) is 8.97. The van der Waals surface area contributed by atoms with Crippen molar-refractivity contribution in [3.63, 3.8) is 0 Å². The standard InChI is InChI=1S/C16H14FN3O4/c1-3-19-8-11(7-18)15(22)20(16(19)23)9-13(21)10-4-5-14(24-2)12(17)6-10/h4-6,8H,3,9H2,1-2H3. The minimum atomic E-state index is -0.852. The van der Waals surface area contributed by atoms with Gasteiger partial charge in [-0.15, -0.1) is 0 Å². The summed E-state index contributed by atoms with van der Waals surface area (Å²) in [6.07, 6.45) is 1.15. The predicted octanol–water partition coefficient (Wildman–Crippen LogP) is 0.932. The Balaban J connectivity index is 2.46. The Morgan fingerprint density at radius 1 is 1.38 bits per heavy atom. The summed E-state index contributed by atoms with van der Waals surface area (Å²) in [6, 6.07) is 5.28. The largest absolute Gasteiger partial charge is 0.494 e. The van der Waals surface area contributed by atoms with Gasteiger partial charge in [0, 0.05) is 18.3 Å². The van der Waals surface area contributed by atoms with Crippen molar-refractivity contribution in [1.29, 1.82) is 5.26 Å². The fraction of sp³-hybridized carbons (Fsp3) is 0.250. The smallest absolute Gasteiger partial charge is 0.331 e. The van der Waals surface area contributed by atoms with E-state index in [1.807, 2.05) is 0 Å². The molecule has 0 fully saturated rings. The SMILES string of the molecule is CCn1cc(C#N)c(=O)n(CC(=O)c2ccc(OC)c(F)c2)c1=O. The number of ether oxygens (including phenoxy) is 1. The van der Waals surface area contributed by atoms with Gasteiger partial charge in [0.1, 0.15) is 11.6 Å². The van der Waals surface area contributed by atoms with E-state index in [1.165, 1.54) is 19.2 Å². The van der Waals surface area contributed by atoms with Crippen LogP contribution in [0.5, 0.6) is 5.75 Å². The number of nitriles is 1. The van der Waals surface area contributed by atoms with Crippen LogP contribution < -0.4 is 16.0 Å². The highest BCUT2D eigenvalue weighted by molar-refractivity contribution is 5.96. The van der Waals surface area contributed by atoms with Crippen LogP contribution in [0.25, 0.3) is 0 Å².